The second-order valence-electron chi connectivity index (χ2n) is 3.93. The zero-order valence-electron chi connectivity index (χ0n) is 11.1. The lowest BCUT2D eigenvalue weighted by atomic mass is 9.96. The fourth-order valence-electron chi connectivity index (χ4n) is 1.80. The van der Waals surface area contributed by atoms with Gasteiger partial charge in [0.05, 0.1) is 18.8 Å². The minimum Gasteiger partial charge on any atom is -0.315 e. The van der Waals surface area contributed by atoms with Gasteiger partial charge in [-0.25, -0.2) is 19.6 Å². The summed E-state index contributed by atoms with van der Waals surface area (Å²) >= 11 is 0. The third-order valence-corrected chi connectivity index (χ3v) is 3.05. The van der Waals surface area contributed by atoms with Crippen molar-refractivity contribution in [2.45, 2.75) is 24.5 Å². The zero-order valence-corrected chi connectivity index (χ0v) is 11.1. The number of nitrogens with zero attached hydrogens (tertiary/aromatic N) is 2. The predicted molar refractivity (Wildman–Crippen MR) is 68.9 cm³/mol. The summed E-state index contributed by atoms with van der Waals surface area (Å²) < 4.78 is 0. The fourth-order valence-corrected chi connectivity index (χ4v) is 1.80. The molecule has 1 atom stereocenters. The Balaban J connectivity index is 4.63. The van der Waals surface area contributed by atoms with Crippen molar-refractivity contribution in [3.8, 4) is 0 Å². The van der Waals surface area contributed by atoms with Crippen molar-refractivity contribution in [3.05, 3.63) is 0 Å². The summed E-state index contributed by atoms with van der Waals surface area (Å²) in [5, 5.41) is 9.46. The lowest BCUT2D eigenvalue weighted by Crippen LogP contribution is -2.57. The van der Waals surface area contributed by atoms with Crippen LogP contribution in [-0.4, -0.2) is 58.1 Å². The molecule has 0 bridgehead atoms. The average molecular weight is 255 g/mol. The molecule has 1 unspecified atom stereocenters. The summed E-state index contributed by atoms with van der Waals surface area (Å²) in [6.45, 7) is 0.751. The van der Waals surface area contributed by atoms with Gasteiger partial charge in [-0.15, -0.1) is 0 Å². The topological polar surface area (TPSA) is 95.0 Å². The quantitative estimate of drug-likeness (QED) is 0.269. The number of isocyanates is 2. The molecule has 0 aromatic rings. The normalized spacial score (nSPS) is 12.4. The smallest absolute Gasteiger partial charge is 0.234 e. The Kier molecular flexibility index (Phi) is 8.92. The summed E-state index contributed by atoms with van der Waals surface area (Å²) in [5.41, 5.74) is -0.369. The van der Waals surface area contributed by atoms with Crippen LogP contribution in [0.2, 0.25) is 0 Å². The lowest BCUT2D eigenvalue weighted by Gasteiger charge is -2.35. The molecule has 0 rings (SSSR count). The first kappa shape index (κ1) is 16.6. The Bertz CT molecular complexity index is 317. The third kappa shape index (κ3) is 5.82. The molecule has 0 aromatic heterocycles. The first-order valence-corrected chi connectivity index (χ1v) is 5.80. The van der Waals surface area contributed by atoms with Crippen LogP contribution in [-0.2, 0) is 9.59 Å². The molecule has 0 radical (unpaired) electrons. The van der Waals surface area contributed by atoms with Crippen molar-refractivity contribution < 1.29 is 9.59 Å². The van der Waals surface area contributed by atoms with E-state index in [9.17, 15) is 9.59 Å². The van der Waals surface area contributed by atoms with Gasteiger partial charge >= 0.3 is 0 Å². The predicted octanol–water partition coefficient (Wildman–Crippen LogP) is -0.839. The van der Waals surface area contributed by atoms with Crippen LogP contribution in [0.1, 0.15) is 12.8 Å². The number of rotatable bonds is 10. The number of hydrogen-bond acceptors (Lipinski definition) is 7. The van der Waals surface area contributed by atoms with E-state index in [4.69, 9.17) is 0 Å². The molecule has 0 aromatic carbocycles. The van der Waals surface area contributed by atoms with Crippen LogP contribution in [0.25, 0.3) is 0 Å². The van der Waals surface area contributed by atoms with Gasteiger partial charge in [-0.3, -0.25) is 0 Å². The van der Waals surface area contributed by atoms with E-state index in [1.165, 1.54) is 12.2 Å². The Hall–Kier alpha value is -1.36. The van der Waals surface area contributed by atoms with Crippen LogP contribution >= 0.6 is 0 Å². The highest BCUT2D eigenvalue weighted by Gasteiger charge is 2.28. The lowest BCUT2D eigenvalue weighted by molar-refractivity contribution is 0.231. The molecule has 0 amide bonds. The number of aliphatic imine (C=N–C) groups is 2. The molecule has 0 heterocycles. The second-order valence-corrected chi connectivity index (χ2v) is 3.93. The van der Waals surface area contributed by atoms with Crippen LogP contribution in [0.15, 0.2) is 9.98 Å². The summed E-state index contributed by atoms with van der Waals surface area (Å²) in [6.07, 6.45) is 4.38. The molecular formula is C11H21N5O2. The van der Waals surface area contributed by atoms with Gasteiger partial charge in [-0.2, -0.15) is 0 Å². The highest BCUT2D eigenvalue weighted by Crippen LogP contribution is 2.14. The van der Waals surface area contributed by atoms with E-state index >= 15 is 0 Å². The summed E-state index contributed by atoms with van der Waals surface area (Å²) in [7, 11) is 5.47. The summed E-state index contributed by atoms with van der Waals surface area (Å²) in [4.78, 5) is 27.4. The van der Waals surface area contributed by atoms with Gasteiger partial charge in [0.2, 0.25) is 12.2 Å². The van der Waals surface area contributed by atoms with E-state index in [0.717, 1.165) is 0 Å². The minimum absolute atomic E-state index is 0.0339. The monoisotopic (exact) mass is 255 g/mol. The minimum atomic E-state index is -0.369. The molecule has 0 aliphatic heterocycles. The van der Waals surface area contributed by atoms with Gasteiger partial charge < -0.3 is 16.0 Å². The maximum atomic E-state index is 10.1. The Morgan fingerprint density at radius 2 is 1.72 bits per heavy atom. The molecule has 0 spiro atoms. The van der Waals surface area contributed by atoms with E-state index in [-0.39, 0.29) is 11.7 Å². The molecule has 0 saturated carbocycles. The SMILES string of the molecule is CNC(CN=C=O)CC(CCN=C=O)(NC)NC. The third-order valence-electron chi connectivity index (χ3n) is 3.05. The molecule has 0 fully saturated rings. The molecule has 18 heavy (non-hydrogen) atoms. The fraction of sp³-hybridized carbons (Fsp3) is 0.818. The Morgan fingerprint density at radius 3 is 2.17 bits per heavy atom. The zero-order chi connectivity index (χ0) is 13.9. The number of hydrogen-bond donors (Lipinski definition) is 3. The molecule has 102 valence electrons. The van der Waals surface area contributed by atoms with Crippen LogP contribution < -0.4 is 16.0 Å². The highest BCUT2D eigenvalue weighted by molar-refractivity contribution is 5.33. The van der Waals surface area contributed by atoms with Crippen molar-refractivity contribution in [2.24, 2.45) is 9.98 Å². The average Bonchev–Trinajstić information content (AvgIpc) is 2.42. The summed E-state index contributed by atoms with van der Waals surface area (Å²) in [6, 6.07) is 0.0339. The van der Waals surface area contributed by atoms with Crippen molar-refractivity contribution in [1.29, 1.82) is 0 Å². The van der Waals surface area contributed by atoms with Crippen molar-refractivity contribution in [3.63, 3.8) is 0 Å². The van der Waals surface area contributed by atoms with Gasteiger partial charge in [0.1, 0.15) is 0 Å². The number of likely N-dealkylation sites (N-methyl/N-ethyl adjacent to an activating group) is 1. The Labute approximate surface area is 107 Å². The second kappa shape index (κ2) is 9.65. The maximum absolute atomic E-state index is 10.1. The van der Waals surface area contributed by atoms with E-state index < -0.39 is 0 Å². The first-order valence-electron chi connectivity index (χ1n) is 5.80. The van der Waals surface area contributed by atoms with E-state index in [1.807, 2.05) is 21.1 Å². The van der Waals surface area contributed by atoms with Crippen LogP contribution in [0, 0.1) is 0 Å². The molecule has 7 nitrogen and oxygen atoms in total. The van der Waals surface area contributed by atoms with Gasteiger partial charge in [-0.1, -0.05) is 0 Å². The molecule has 7 heteroatoms. The van der Waals surface area contributed by atoms with Gasteiger partial charge in [0.25, 0.3) is 0 Å². The number of carbonyl (C=O) groups excluding carboxylic acids is 2. The van der Waals surface area contributed by atoms with Crippen LogP contribution in [0.3, 0.4) is 0 Å². The van der Waals surface area contributed by atoms with Crippen LogP contribution in [0.4, 0.5) is 0 Å². The van der Waals surface area contributed by atoms with Crippen molar-refractivity contribution in [1.82, 2.24) is 16.0 Å². The van der Waals surface area contributed by atoms with E-state index in [2.05, 4.69) is 25.9 Å². The molecule has 0 aliphatic rings. The molecular weight excluding hydrogens is 234 g/mol. The van der Waals surface area contributed by atoms with Gasteiger partial charge in [0, 0.05) is 6.04 Å². The van der Waals surface area contributed by atoms with Crippen molar-refractivity contribution in [2.75, 3.05) is 34.2 Å². The standard InChI is InChI=1S/C11H21N5O2/c1-12-10(7-16-9-18)6-11(13-2,14-3)4-5-15-8-17/h10,12-14H,4-7H2,1-3H3. The molecule has 0 aliphatic carbocycles. The van der Waals surface area contributed by atoms with Crippen molar-refractivity contribution >= 4 is 12.2 Å². The molecule has 3 N–H and O–H groups in total. The highest BCUT2D eigenvalue weighted by atomic mass is 16.1. The van der Waals surface area contributed by atoms with Gasteiger partial charge in [0.15, 0.2) is 0 Å². The largest absolute Gasteiger partial charge is 0.315 e. The van der Waals surface area contributed by atoms with E-state index in [1.54, 1.807) is 0 Å². The first-order chi connectivity index (χ1) is 8.67. The van der Waals surface area contributed by atoms with Crippen LogP contribution in [0.5, 0.6) is 0 Å². The van der Waals surface area contributed by atoms with Gasteiger partial charge in [-0.05, 0) is 34.0 Å². The van der Waals surface area contributed by atoms with E-state index in [0.29, 0.717) is 25.9 Å². The maximum Gasteiger partial charge on any atom is 0.234 e. The molecule has 0 saturated heterocycles. The Morgan fingerprint density at radius 1 is 1.11 bits per heavy atom. The summed E-state index contributed by atoms with van der Waals surface area (Å²) in [5.74, 6) is 0. The number of nitrogens with one attached hydrogen (secondary N) is 3.